The quantitative estimate of drug-likeness (QED) is 0.361. The van der Waals surface area contributed by atoms with Gasteiger partial charge in [0.15, 0.2) is 11.5 Å². The molecule has 0 saturated carbocycles. The topological polar surface area (TPSA) is 76.9 Å². The molecule has 4 aromatic rings. The maximum Gasteiger partial charge on any atom is 0.261 e. The molecule has 2 heterocycles. The molecule has 3 aromatic carbocycles. The molecule has 10 heteroatoms. The number of fused-ring (bicyclic) bond motifs is 1. The van der Waals surface area contributed by atoms with Gasteiger partial charge in [-0.2, -0.15) is 0 Å². The van der Waals surface area contributed by atoms with Crippen LogP contribution in [0.5, 0.6) is 11.5 Å². The second kappa shape index (κ2) is 11.2. The predicted octanol–water partition coefficient (Wildman–Crippen LogP) is 3.63. The number of piperazine rings is 1. The summed E-state index contributed by atoms with van der Waals surface area (Å²) in [5.41, 5.74) is 1.86. The molecule has 1 fully saturated rings. The lowest BCUT2D eigenvalue weighted by molar-refractivity contribution is -0.133. The van der Waals surface area contributed by atoms with Gasteiger partial charge in [0.2, 0.25) is 5.91 Å². The summed E-state index contributed by atoms with van der Waals surface area (Å²) in [5, 5.41) is 0.328. The summed E-state index contributed by atoms with van der Waals surface area (Å²) in [6.07, 6.45) is 1.36. The van der Waals surface area contributed by atoms with Gasteiger partial charge < -0.3 is 14.4 Å². The van der Waals surface area contributed by atoms with E-state index < -0.39 is 0 Å². The Morgan fingerprint density at radius 1 is 0.872 bits per heavy atom. The fourth-order valence-corrected chi connectivity index (χ4v) is 4.98. The van der Waals surface area contributed by atoms with E-state index in [0.717, 1.165) is 11.1 Å². The van der Waals surface area contributed by atoms with Gasteiger partial charge in [0, 0.05) is 32.2 Å². The van der Waals surface area contributed by atoms with E-state index in [4.69, 9.17) is 9.47 Å². The Bertz CT molecular complexity index is 1490. The zero-order valence-corrected chi connectivity index (χ0v) is 21.6. The van der Waals surface area contributed by atoms with Gasteiger partial charge in [0.1, 0.15) is 18.2 Å². The molecule has 1 amide bonds. The van der Waals surface area contributed by atoms with Crippen LogP contribution in [0.2, 0.25) is 0 Å². The minimum absolute atomic E-state index is 0.143. The van der Waals surface area contributed by atoms with Crippen LogP contribution in [0, 0.1) is 11.6 Å². The third-order valence-corrected chi connectivity index (χ3v) is 7.04. The third kappa shape index (κ3) is 5.46. The Balaban J connectivity index is 1.31. The van der Waals surface area contributed by atoms with Crippen molar-refractivity contribution in [3.05, 3.63) is 100 Å². The molecule has 5 rings (SSSR count). The zero-order valence-electron chi connectivity index (χ0n) is 21.6. The van der Waals surface area contributed by atoms with Gasteiger partial charge in [-0.05, 0) is 41.5 Å². The summed E-state index contributed by atoms with van der Waals surface area (Å²) in [6, 6.07) is 15.5. The Morgan fingerprint density at radius 3 is 1.95 bits per heavy atom. The smallest absolute Gasteiger partial charge is 0.261 e. The molecule has 0 unspecified atom stereocenters. The van der Waals surface area contributed by atoms with Crippen LogP contribution in [0.25, 0.3) is 10.9 Å². The number of carbonyl (C=O) groups is 1. The van der Waals surface area contributed by atoms with Crippen molar-refractivity contribution in [3.8, 4) is 11.5 Å². The molecular weight excluding hydrogens is 506 g/mol. The number of rotatable bonds is 7. The molecule has 0 aliphatic carbocycles. The van der Waals surface area contributed by atoms with Crippen LogP contribution in [-0.4, -0.2) is 65.7 Å². The van der Waals surface area contributed by atoms with Gasteiger partial charge in [-0.1, -0.05) is 24.3 Å². The summed E-state index contributed by atoms with van der Waals surface area (Å²) < 4.78 is 39.1. The van der Waals surface area contributed by atoms with Crippen molar-refractivity contribution < 1.29 is 23.0 Å². The van der Waals surface area contributed by atoms with E-state index in [1.54, 1.807) is 41.3 Å². The van der Waals surface area contributed by atoms with Crippen molar-refractivity contribution in [3.63, 3.8) is 0 Å². The lowest BCUT2D eigenvalue weighted by atomic mass is 9.96. The maximum absolute atomic E-state index is 13.6. The Kier molecular flexibility index (Phi) is 7.56. The first kappa shape index (κ1) is 26.3. The highest BCUT2D eigenvalue weighted by Crippen LogP contribution is 2.31. The number of methoxy groups -OCH3 is 2. The first-order chi connectivity index (χ1) is 18.9. The Morgan fingerprint density at radius 2 is 1.41 bits per heavy atom. The standard InChI is InChI=1S/C29H28F2N4O4/c1-38-25-15-23-24(16-26(25)39-2)32-18-35(29(23)37)17-27(36)33-11-13-34(14-12-33)28(19-3-7-21(30)8-4-19)20-5-9-22(31)10-6-20/h3-10,15-16,18,28H,11-14,17H2,1-2H3. The normalized spacial score (nSPS) is 14.1. The van der Waals surface area contributed by atoms with Crippen LogP contribution in [0.15, 0.2) is 71.8 Å². The van der Waals surface area contributed by atoms with E-state index in [9.17, 15) is 18.4 Å². The second-order valence-corrected chi connectivity index (χ2v) is 9.32. The fraction of sp³-hybridized carbons (Fsp3) is 0.276. The summed E-state index contributed by atoms with van der Waals surface area (Å²) in [7, 11) is 2.99. The molecule has 1 aliphatic heterocycles. The molecule has 0 N–H and O–H groups in total. The lowest BCUT2D eigenvalue weighted by Crippen LogP contribution is -2.51. The summed E-state index contributed by atoms with van der Waals surface area (Å²) >= 11 is 0. The minimum Gasteiger partial charge on any atom is -0.493 e. The molecule has 0 spiro atoms. The van der Waals surface area contributed by atoms with Crippen LogP contribution < -0.4 is 15.0 Å². The molecule has 202 valence electrons. The number of hydrogen-bond acceptors (Lipinski definition) is 6. The van der Waals surface area contributed by atoms with Gasteiger partial charge in [0.05, 0.1) is 37.5 Å². The fourth-order valence-electron chi connectivity index (χ4n) is 4.98. The van der Waals surface area contributed by atoms with Crippen molar-refractivity contribution in [2.45, 2.75) is 12.6 Å². The molecule has 0 atom stereocenters. The summed E-state index contributed by atoms with van der Waals surface area (Å²) in [4.78, 5) is 34.5. The highest BCUT2D eigenvalue weighted by molar-refractivity contribution is 5.82. The van der Waals surface area contributed by atoms with Crippen molar-refractivity contribution in [1.29, 1.82) is 0 Å². The number of ether oxygens (including phenoxy) is 2. The molecule has 1 aromatic heterocycles. The van der Waals surface area contributed by atoms with Gasteiger partial charge in [0.25, 0.3) is 5.56 Å². The average molecular weight is 535 g/mol. The molecule has 0 radical (unpaired) electrons. The van der Waals surface area contributed by atoms with E-state index >= 15 is 0 Å². The lowest BCUT2D eigenvalue weighted by Gasteiger charge is -2.39. The first-order valence-electron chi connectivity index (χ1n) is 12.5. The van der Waals surface area contributed by atoms with Gasteiger partial charge in [-0.15, -0.1) is 0 Å². The van der Waals surface area contributed by atoms with E-state index in [-0.39, 0.29) is 35.7 Å². The number of aromatic nitrogens is 2. The molecule has 1 aliphatic rings. The van der Waals surface area contributed by atoms with Gasteiger partial charge >= 0.3 is 0 Å². The monoisotopic (exact) mass is 534 g/mol. The third-order valence-electron chi connectivity index (χ3n) is 7.04. The minimum atomic E-state index is -0.347. The van der Waals surface area contributed by atoms with Gasteiger partial charge in [-0.25, -0.2) is 13.8 Å². The van der Waals surface area contributed by atoms with Crippen molar-refractivity contribution in [2.75, 3.05) is 40.4 Å². The van der Waals surface area contributed by atoms with Crippen LogP contribution in [0.1, 0.15) is 17.2 Å². The van der Waals surface area contributed by atoms with Gasteiger partial charge in [-0.3, -0.25) is 19.1 Å². The summed E-state index contributed by atoms with van der Waals surface area (Å²) in [6.45, 7) is 1.84. The number of benzene rings is 3. The Hall–Kier alpha value is -4.31. The molecule has 1 saturated heterocycles. The van der Waals surface area contributed by atoms with E-state index in [0.29, 0.717) is 48.6 Å². The van der Waals surface area contributed by atoms with Crippen LogP contribution in [0.4, 0.5) is 8.78 Å². The Labute approximate surface area is 224 Å². The van der Waals surface area contributed by atoms with E-state index in [1.807, 2.05) is 0 Å². The number of halogens is 2. The number of nitrogens with zero attached hydrogens (tertiary/aromatic N) is 4. The maximum atomic E-state index is 13.6. The number of hydrogen-bond donors (Lipinski definition) is 0. The highest BCUT2D eigenvalue weighted by Gasteiger charge is 2.28. The second-order valence-electron chi connectivity index (χ2n) is 9.32. The molecule has 39 heavy (non-hydrogen) atoms. The van der Waals surface area contributed by atoms with Crippen molar-refractivity contribution in [2.24, 2.45) is 0 Å². The van der Waals surface area contributed by atoms with Crippen LogP contribution in [0.3, 0.4) is 0 Å². The highest BCUT2D eigenvalue weighted by atomic mass is 19.1. The molecule has 8 nitrogen and oxygen atoms in total. The van der Waals surface area contributed by atoms with Crippen LogP contribution in [-0.2, 0) is 11.3 Å². The van der Waals surface area contributed by atoms with E-state index in [1.165, 1.54) is 49.4 Å². The van der Waals surface area contributed by atoms with Crippen LogP contribution >= 0.6 is 0 Å². The number of carbonyl (C=O) groups excluding carboxylic acids is 1. The van der Waals surface area contributed by atoms with E-state index in [2.05, 4.69) is 9.88 Å². The molecular formula is C29H28F2N4O4. The largest absolute Gasteiger partial charge is 0.493 e. The zero-order chi connectivity index (χ0) is 27.5. The SMILES string of the molecule is COc1cc2ncn(CC(=O)N3CCN(C(c4ccc(F)cc4)c4ccc(F)cc4)CC3)c(=O)c2cc1OC. The van der Waals surface area contributed by atoms with Crippen molar-refractivity contribution in [1.82, 2.24) is 19.4 Å². The first-order valence-corrected chi connectivity index (χ1v) is 12.5. The summed E-state index contributed by atoms with van der Waals surface area (Å²) in [5.74, 6) is 0.00804. The predicted molar refractivity (Wildman–Crippen MR) is 142 cm³/mol. The van der Waals surface area contributed by atoms with Crippen molar-refractivity contribution >= 4 is 16.8 Å². The number of amides is 1. The molecule has 0 bridgehead atoms. The average Bonchev–Trinajstić information content (AvgIpc) is 2.96.